The van der Waals surface area contributed by atoms with E-state index in [1.807, 2.05) is 22.7 Å². The lowest BCUT2D eigenvalue weighted by Gasteiger charge is -2.34. The van der Waals surface area contributed by atoms with Crippen molar-refractivity contribution < 1.29 is 0 Å². The van der Waals surface area contributed by atoms with Crippen LogP contribution in [0.4, 0.5) is 11.4 Å². The maximum absolute atomic E-state index is 6.66. The van der Waals surface area contributed by atoms with Gasteiger partial charge in [-0.25, -0.2) is 24.9 Å². The van der Waals surface area contributed by atoms with Gasteiger partial charge in [-0.05, 0) is 31.7 Å². The number of anilines is 2. The Hall–Kier alpha value is -3.14. The summed E-state index contributed by atoms with van der Waals surface area (Å²) in [4.78, 5) is 21.8. The number of rotatable bonds is 4. The molecule has 5 N–H and O–H groups in total. The molecule has 0 unspecified atom stereocenters. The molecular formula is C21H22ClN9. The first-order valence-corrected chi connectivity index (χ1v) is 10.5. The smallest absolute Gasteiger partial charge is 0.148 e. The van der Waals surface area contributed by atoms with Crippen molar-refractivity contribution in [3.63, 3.8) is 0 Å². The van der Waals surface area contributed by atoms with Crippen LogP contribution in [0.3, 0.4) is 0 Å². The Morgan fingerprint density at radius 3 is 2.61 bits per heavy atom. The van der Waals surface area contributed by atoms with Gasteiger partial charge < -0.3 is 16.8 Å². The summed E-state index contributed by atoms with van der Waals surface area (Å²) in [5.74, 6) is 0.594. The molecule has 31 heavy (non-hydrogen) atoms. The third-order valence-electron chi connectivity index (χ3n) is 5.72. The van der Waals surface area contributed by atoms with E-state index >= 15 is 0 Å². The van der Waals surface area contributed by atoms with Crippen LogP contribution in [0.15, 0.2) is 49.4 Å². The number of imidazole rings is 1. The molecule has 0 amide bonds. The Labute approximate surface area is 183 Å². The van der Waals surface area contributed by atoms with Crippen molar-refractivity contribution >= 4 is 28.6 Å². The van der Waals surface area contributed by atoms with Gasteiger partial charge in [0.1, 0.15) is 23.5 Å². The van der Waals surface area contributed by atoms with Gasteiger partial charge in [0.2, 0.25) is 0 Å². The van der Waals surface area contributed by atoms with E-state index in [2.05, 4.69) is 25.3 Å². The third-order valence-corrected chi connectivity index (χ3v) is 5.99. The summed E-state index contributed by atoms with van der Waals surface area (Å²) in [5.41, 5.74) is 15.9. The van der Waals surface area contributed by atoms with Crippen LogP contribution in [-0.4, -0.2) is 35.4 Å². The van der Waals surface area contributed by atoms with Gasteiger partial charge in [0.25, 0.3) is 0 Å². The zero-order valence-electron chi connectivity index (χ0n) is 16.7. The van der Waals surface area contributed by atoms with E-state index in [-0.39, 0.29) is 6.04 Å². The largest absolute Gasteiger partial charge is 0.353 e. The van der Waals surface area contributed by atoms with Crippen LogP contribution >= 0.6 is 11.6 Å². The lowest BCUT2D eigenvalue weighted by atomic mass is 9.80. The summed E-state index contributed by atoms with van der Waals surface area (Å²) in [6.45, 7) is 0. The molecule has 0 bridgehead atoms. The number of hydrogen-bond donors (Lipinski definition) is 3. The number of nitrogens with two attached hydrogens (primary N) is 2. The summed E-state index contributed by atoms with van der Waals surface area (Å²) in [7, 11) is 0. The molecule has 4 aromatic rings. The fourth-order valence-corrected chi connectivity index (χ4v) is 4.12. The van der Waals surface area contributed by atoms with Gasteiger partial charge >= 0.3 is 0 Å². The zero-order valence-corrected chi connectivity index (χ0v) is 17.5. The fourth-order valence-electron chi connectivity index (χ4n) is 3.93. The molecular weight excluding hydrogens is 414 g/mol. The predicted octanol–water partition coefficient (Wildman–Crippen LogP) is 3.03. The van der Waals surface area contributed by atoms with Crippen molar-refractivity contribution in [3.05, 3.63) is 60.3 Å². The van der Waals surface area contributed by atoms with Crippen LogP contribution in [-0.2, 0) is 5.54 Å². The number of aromatic nitrogens is 6. The van der Waals surface area contributed by atoms with Gasteiger partial charge in [0, 0.05) is 30.2 Å². The van der Waals surface area contributed by atoms with Crippen LogP contribution in [0.25, 0.3) is 17.0 Å². The monoisotopic (exact) mass is 435 g/mol. The molecule has 0 atom stereocenters. The number of halogens is 1. The number of fused-ring (bicyclic) bond motifs is 1. The number of nitrogens with zero attached hydrogens (tertiary/aromatic N) is 6. The van der Waals surface area contributed by atoms with E-state index in [4.69, 9.17) is 28.1 Å². The molecule has 1 aliphatic rings. The summed E-state index contributed by atoms with van der Waals surface area (Å²) in [5, 5.41) is 3.71. The minimum Gasteiger partial charge on any atom is -0.353 e. The highest BCUT2D eigenvalue weighted by Crippen LogP contribution is 2.35. The highest BCUT2D eigenvalue weighted by molar-refractivity contribution is 6.32. The van der Waals surface area contributed by atoms with Gasteiger partial charge in [0.15, 0.2) is 0 Å². The lowest BCUT2D eigenvalue weighted by Crippen LogP contribution is -2.45. The maximum Gasteiger partial charge on any atom is 0.148 e. The highest BCUT2D eigenvalue weighted by Gasteiger charge is 2.35. The van der Waals surface area contributed by atoms with Crippen molar-refractivity contribution in [2.45, 2.75) is 37.3 Å². The first-order chi connectivity index (χ1) is 15.0. The van der Waals surface area contributed by atoms with E-state index in [9.17, 15) is 0 Å². The second-order valence-electron chi connectivity index (χ2n) is 7.92. The minimum atomic E-state index is -0.593. The van der Waals surface area contributed by atoms with Crippen molar-refractivity contribution in [3.8, 4) is 11.4 Å². The summed E-state index contributed by atoms with van der Waals surface area (Å²) in [6, 6.07) is 4.06. The predicted molar refractivity (Wildman–Crippen MR) is 119 cm³/mol. The van der Waals surface area contributed by atoms with Crippen LogP contribution < -0.4 is 16.8 Å². The molecule has 5 rings (SSSR count). The van der Waals surface area contributed by atoms with Crippen molar-refractivity contribution in [1.82, 2.24) is 29.3 Å². The normalized spacial score (nSPS) is 21.3. The van der Waals surface area contributed by atoms with E-state index in [0.29, 0.717) is 16.5 Å². The van der Waals surface area contributed by atoms with Gasteiger partial charge in [-0.1, -0.05) is 11.6 Å². The molecule has 0 radical (unpaired) electrons. The standard InChI is InChI=1S/C21H22ClN9/c22-16-10-28-20(21(24)4-1-13(23)2-5-21)30-19(16)17-11-27-18-7-14(3-6-31(17)18)29-15-8-25-12-26-9-15/h3,6-13,29H,1-2,4-5,23-24H2. The third kappa shape index (κ3) is 3.83. The Morgan fingerprint density at radius 1 is 1.06 bits per heavy atom. The lowest BCUT2D eigenvalue weighted by molar-refractivity contribution is 0.265. The minimum absolute atomic E-state index is 0.187. The molecule has 9 nitrogen and oxygen atoms in total. The maximum atomic E-state index is 6.66. The number of nitrogens with one attached hydrogen (secondary N) is 1. The molecule has 4 aromatic heterocycles. The Kier molecular flexibility index (Phi) is 5.01. The van der Waals surface area contributed by atoms with E-state index in [0.717, 1.165) is 48.4 Å². The molecule has 0 saturated heterocycles. The van der Waals surface area contributed by atoms with E-state index in [1.54, 1.807) is 24.8 Å². The van der Waals surface area contributed by atoms with Crippen LogP contribution in [0.1, 0.15) is 31.5 Å². The SMILES string of the molecule is NC1CCC(N)(c2ncc(Cl)c(-c3cnc4cc(Nc5cncnc5)ccn34)n2)CC1. The van der Waals surface area contributed by atoms with Crippen LogP contribution in [0.5, 0.6) is 0 Å². The van der Waals surface area contributed by atoms with Gasteiger partial charge in [-0.3, -0.25) is 4.40 Å². The molecule has 1 aliphatic carbocycles. The molecule has 1 fully saturated rings. The average Bonchev–Trinajstić information content (AvgIpc) is 3.20. The second kappa shape index (κ2) is 7.84. The first-order valence-electron chi connectivity index (χ1n) is 10.1. The molecule has 10 heteroatoms. The van der Waals surface area contributed by atoms with Crippen molar-refractivity contribution in [1.29, 1.82) is 0 Å². The van der Waals surface area contributed by atoms with Gasteiger partial charge in [0.05, 0.1) is 40.5 Å². The quantitative estimate of drug-likeness (QED) is 0.445. The summed E-state index contributed by atoms with van der Waals surface area (Å²) < 4.78 is 1.94. The molecule has 0 spiro atoms. The van der Waals surface area contributed by atoms with E-state index < -0.39 is 5.54 Å². The average molecular weight is 436 g/mol. The molecule has 158 valence electrons. The fraction of sp³-hybridized carbons (Fsp3) is 0.286. The Bertz CT molecular complexity index is 1220. The van der Waals surface area contributed by atoms with Crippen molar-refractivity contribution in [2.75, 3.05) is 5.32 Å². The molecule has 1 saturated carbocycles. The van der Waals surface area contributed by atoms with Crippen LogP contribution in [0.2, 0.25) is 5.02 Å². The first kappa shape index (κ1) is 19.8. The molecule has 0 aliphatic heterocycles. The molecule has 4 heterocycles. The summed E-state index contributed by atoms with van der Waals surface area (Å²) in [6.07, 6.45) is 13.4. The van der Waals surface area contributed by atoms with Crippen LogP contribution in [0, 0.1) is 0 Å². The Balaban J connectivity index is 1.49. The zero-order chi connectivity index (χ0) is 21.4. The molecule has 0 aromatic carbocycles. The number of hydrogen-bond acceptors (Lipinski definition) is 8. The number of pyridine rings is 1. The highest BCUT2D eigenvalue weighted by atomic mass is 35.5. The second-order valence-corrected chi connectivity index (χ2v) is 8.33. The van der Waals surface area contributed by atoms with Crippen molar-refractivity contribution in [2.24, 2.45) is 11.5 Å². The Morgan fingerprint density at radius 2 is 1.84 bits per heavy atom. The summed E-state index contributed by atoms with van der Waals surface area (Å²) >= 11 is 6.48. The van der Waals surface area contributed by atoms with Gasteiger partial charge in [-0.2, -0.15) is 0 Å². The van der Waals surface area contributed by atoms with E-state index in [1.165, 1.54) is 6.33 Å². The van der Waals surface area contributed by atoms with Gasteiger partial charge in [-0.15, -0.1) is 0 Å². The topological polar surface area (TPSA) is 133 Å².